The molecule has 0 saturated carbocycles. The quantitative estimate of drug-likeness (QED) is 0.689. The van der Waals surface area contributed by atoms with E-state index in [1.54, 1.807) is 0 Å². The first-order valence-corrected chi connectivity index (χ1v) is 4.95. The molecule has 4 heteroatoms. The monoisotopic (exact) mass is 211 g/mol. The highest BCUT2D eigenvalue weighted by molar-refractivity contribution is 4.76. The van der Waals surface area contributed by atoms with Crippen molar-refractivity contribution < 1.29 is 13.2 Å². The number of halogens is 3. The molecule has 0 fully saturated rings. The summed E-state index contributed by atoms with van der Waals surface area (Å²) < 4.78 is 37.1. The Morgan fingerprint density at radius 2 is 1.50 bits per heavy atom. The van der Waals surface area contributed by atoms with Crippen LogP contribution in [0.1, 0.15) is 34.1 Å². The first kappa shape index (κ1) is 13.8. The average molecular weight is 211 g/mol. The van der Waals surface area contributed by atoms with E-state index in [0.29, 0.717) is 5.92 Å². The van der Waals surface area contributed by atoms with E-state index in [9.17, 15) is 13.2 Å². The number of hydrogen-bond donors (Lipinski definition) is 0. The summed E-state index contributed by atoms with van der Waals surface area (Å²) in [5.41, 5.74) is 0. The highest BCUT2D eigenvalue weighted by Crippen LogP contribution is 2.26. The first-order chi connectivity index (χ1) is 6.16. The molecule has 0 aliphatic rings. The topological polar surface area (TPSA) is 3.24 Å². The minimum Gasteiger partial charge on any atom is -0.293 e. The fourth-order valence-corrected chi connectivity index (χ4v) is 1.46. The van der Waals surface area contributed by atoms with Crippen LogP contribution < -0.4 is 0 Å². The van der Waals surface area contributed by atoms with Gasteiger partial charge in [-0.2, -0.15) is 13.2 Å². The molecule has 0 bridgehead atoms. The van der Waals surface area contributed by atoms with Gasteiger partial charge in [0.1, 0.15) is 6.04 Å². The lowest BCUT2D eigenvalue weighted by molar-refractivity contribution is -0.180. The molecule has 0 unspecified atom stereocenters. The molecular formula is C10H20F3N. The third kappa shape index (κ3) is 4.31. The Hall–Kier alpha value is -0.250. The van der Waals surface area contributed by atoms with E-state index in [-0.39, 0.29) is 6.04 Å². The zero-order valence-corrected chi connectivity index (χ0v) is 9.52. The molecule has 0 radical (unpaired) electrons. The van der Waals surface area contributed by atoms with Crippen molar-refractivity contribution in [3.8, 4) is 0 Å². The molecule has 0 aliphatic carbocycles. The summed E-state index contributed by atoms with van der Waals surface area (Å²) >= 11 is 0. The van der Waals surface area contributed by atoms with Crippen molar-refractivity contribution in [3.63, 3.8) is 0 Å². The zero-order valence-electron chi connectivity index (χ0n) is 9.52. The van der Waals surface area contributed by atoms with Crippen LogP contribution in [0.25, 0.3) is 0 Å². The molecule has 0 spiro atoms. The van der Waals surface area contributed by atoms with Gasteiger partial charge >= 0.3 is 6.18 Å². The van der Waals surface area contributed by atoms with Crippen LogP contribution in [0.3, 0.4) is 0 Å². The number of rotatable bonds is 4. The highest BCUT2D eigenvalue weighted by Gasteiger charge is 2.39. The molecule has 0 rings (SSSR count). The van der Waals surface area contributed by atoms with E-state index in [2.05, 4.69) is 0 Å². The molecule has 0 N–H and O–H groups in total. The number of nitrogens with zero attached hydrogens (tertiary/aromatic N) is 1. The number of hydrogen-bond acceptors (Lipinski definition) is 1. The van der Waals surface area contributed by atoms with Crippen molar-refractivity contribution >= 4 is 0 Å². The van der Waals surface area contributed by atoms with Crippen LogP contribution in [-0.2, 0) is 0 Å². The largest absolute Gasteiger partial charge is 0.403 e. The minimum atomic E-state index is -4.13. The zero-order chi connectivity index (χ0) is 11.5. The van der Waals surface area contributed by atoms with Crippen molar-refractivity contribution in [3.05, 3.63) is 0 Å². The second-order valence-corrected chi connectivity index (χ2v) is 4.36. The lowest BCUT2D eigenvalue weighted by Gasteiger charge is -2.32. The predicted octanol–water partition coefficient (Wildman–Crippen LogP) is 3.30. The Labute approximate surface area is 84.3 Å². The summed E-state index contributed by atoms with van der Waals surface area (Å²) in [6.07, 6.45) is -3.34. The maximum absolute atomic E-state index is 12.4. The second-order valence-electron chi connectivity index (χ2n) is 4.36. The van der Waals surface area contributed by atoms with Crippen molar-refractivity contribution in [2.45, 2.75) is 52.4 Å². The van der Waals surface area contributed by atoms with Crippen molar-refractivity contribution in [2.75, 3.05) is 7.05 Å². The molecule has 0 aromatic rings. The van der Waals surface area contributed by atoms with E-state index in [0.717, 1.165) is 6.42 Å². The Kier molecular flexibility index (Phi) is 4.92. The molecule has 14 heavy (non-hydrogen) atoms. The summed E-state index contributed by atoms with van der Waals surface area (Å²) in [7, 11) is 1.53. The Morgan fingerprint density at radius 1 is 1.07 bits per heavy atom. The Morgan fingerprint density at radius 3 is 1.79 bits per heavy atom. The maximum Gasteiger partial charge on any atom is 0.403 e. The molecule has 1 nitrogen and oxygen atoms in total. The molecule has 86 valence electrons. The molecule has 2 atom stereocenters. The second kappa shape index (κ2) is 5.01. The lowest BCUT2D eigenvalue weighted by atomic mass is 10.0. The van der Waals surface area contributed by atoms with E-state index < -0.39 is 12.2 Å². The van der Waals surface area contributed by atoms with E-state index in [1.165, 1.54) is 18.9 Å². The minimum absolute atomic E-state index is 0.0355. The smallest absolute Gasteiger partial charge is 0.293 e. The summed E-state index contributed by atoms with van der Waals surface area (Å²) in [5.74, 6) is 0.424. The third-order valence-corrected chi connectivity index (χ3v) is 2.59. The van der Waals surface area contributed by atoms with Gasteiger partial charge in [0.25, 0.3) is 0 Å². The SMILES string of the molecule is CC(C)C[C@@H](C)N(C)[C@@H](C)C(F)(F)F. The maximum atomic E-state index is 12.4. The van der Waals surface area contributed by atoms with Crippen LogP contribution in [0.2, 0.25) is 0 Å². The van der Waals surface area contributed by atoms with Gasteiger partial charge in [-0.1, -0.05) is 13.8 Å². The van der Waals surface area contributed by atoms with Gasteiger partial charge in [0.05, 0.1) is 0 Å². The van der Waals surface area contributed by atoms with Crippen LogP contribution in [0.5, 0.6) is 0 Å². The van der Waals surface area contributed by atoms with Gasteiger partial charge in [-0.25, -0.2) is 0 Å². The van der Waals surface area contributed by atoms with Crippen LogP contribution in [0, 0.1) is 5.92 Å². The fraction of sp³-hybridized carbons (Fsp3) is 1.00. The van der Waals surface area contributed by atoms with Crippen molar-refractivity contribution in [2.24, 2.45) is 5.92 Å². The Balaban J connectivity index is 4.24. The first-order valence-electron chi connectivity index (χ1n) is 4.95. The standard InChI is InChI=1S/C10H20F3N/c1-7(2)6-8(3)14(5)9(4)10(11,12)13/h7-9H,6H2,1-5H3/t8-,9+/m1/s1. The van der Waals surface area contributed by atoms with Gasteiger partial charge in [-0.3, -0.25) is 4.90 Å². The van der Waals surface area contributed by atoms with E-state index in [4.69, 9.17) is 0 Å². The molecular weight excluding hydrogens is 191 g/mol. The highest BCUT2D eigenvalue weighted by atomic mass is 19.4. The fourth-order valence-electron chi connectivity index (χ4n) is 1.46. The van der Waals surface area contributed by atoms with Crippen LogP contribution in [0.15, 0.2) is 0 Å². The molecule has 0 amide bonds. The van der Waals surface area contributed by atoms with Gasteiger partial charge in [0.15, 0.2) is 0 Å². The molecule has 0 saturated heterocycles. The normalized spacial score (nSPS) is 17.6. The molecule has 0 aromatic carbocycles. The van der Waals surface area contributed by atoms with Gasteiger partial charge < -0.3 is 0 Å². The molecule has 0 aliphatic heterocycles. The predicted molar refractivity (Wildman–Crippen MR) is 52.2 cm³/mol. The Bertz CT molecular complexity index is 165. The average Bonchev–Trinajstić information content (AvgIpc) is 1.98. The summed E-state index contributed by atoms with van der Waals surface area (Å²) in [5, 5.41) is 0. The van der Waals surface area contributed by atoms with Crippen LogP contribution in [0.4, 0.5) is 13.2 Å². The number of alkyl halides is 3. The van der Waals surface area contributed by atoms with Gasteiger partial charge in [0.2, 0.25) is 0 Å². The summed E-state index contributed by atoms with van der Waals surface area (Å²) in [4.78, 5) is 1.39. The molecule has 0 heterocycles. The van der Waals surface area contributed by atoms with Crippen molar-refractivity contribution in [1.82, 2.24) is 4.90 Å². The van der Waals surface area contributed by atoms with Gasteiger partial charge in [-0.15, -0.1) is 0 Å². The summed E-state index contributed by atoms with van der Waals surface area (Å²) in [6.45, 7) is 7.07. The van der Waals surface area contributed by atoms with Gasteiger partial charge in [0, 0.05) is 6.04 Å². The van der Waals surface area contributed by atoms with E-state index in [1.807, 2.05) is 20.8 Å². The van der Waals surface area contributed by atoms with Crippen LogP contribution in [-0.4, -0.2) is 30.2 Å². The van der Waals surface area contributed by atoms with Crippen molar-refractivity contribution in [1.29, 1.82) is 0 Å². The molecule has 0 aromatic heterocycles. The van der Waals surface area contributed by atoms with Crippen LogP contribution >= 0.6 is 0 Å². The summed E-state index contributed by atoms with van der Waals surface area (Å²) in [6, 6.07) is -1.40. The van der Waals surface area contributed by atoms with Gasteiger partial charge in [-0.05, 0) is 33.2 Å². The third-order valence-electron chi connectivity index (χ3n) is 2.59. The lowest BCUT2D eigenvalue weighted by Crippen LogP contribution is -2.45. The van der Waals surface area contributed by atoms with E-state index >= 15 is 0 Å².